The maximum atomic E-state index is 12.5. The molecule has 0 radical (unpaired) electrons. The van der Waals surface area contributed by atoms with Gasteiger partial charge in [0, 0.05) is 6.07 Å². The molecular weight excluding hydrogens is 356 g/mol. The van der Waals surface area contributed by atoms with Gasteiger partial charge in [-0.05, 0) is 12.3 Å². The highest BCUT2D eigenvalue weighted by Gasteiger charge is 2.27. The molecule has 1 aliphatic carbocycles. The van der Waals surface area contributed by atoms with E-state index in [2.05, 4.69) is 25.6 Å². The topological polar surface area (TPSA) is 151 Å². The van der Waals surface area contributed by atoms with Gasteiger partial charge in [0.05, 0.1) is 6.54 Å². The number of carboxylic acid groups (broad SMARTS) is 1. The summed E-state index contributed by atoms with van der Waals surface area (Å²) in [7, 11) is 0. The van der Waals surface area contributed by atoms with Crippen molar-refractivity contribution < 1.29 is 28.8 Å². The van der Waals surface area contributed by atoms with Crippen LogP contribution in [0.1, 0.15) is 49.0 Å². The molecule has 1 aromatic rings. The van der Waals surface area contributed by atoms with Crippen molar-refractivity contribution in [1.29, 1.82) is 0 Å². The molecule has 0 saturated heterocycles. The Bertz CT molecular complexity index is 654. The van der Waals surface area contributed by atoms with Gasteiger partial charge < -0.3 is 25.6 Å². The molecule has 1 heterocycles. The minimum atomic E-state index is -1.18. The first-order chi connectivity index (χ1) is 13.0. The van der Waals surface area contributed by atoms with Crippen LogP contribution in [0.5, 0.6) is 0 Å². The largest absolute Gasteiger partial charge is 0.480 e. The maximum Gasteiger partial charge on any atom is 0.322 e. The summed E-state index contributed by atoms with van der Waals surface area (Å²) in [4.78, 5) is 46.7. The molecule has 148 valence electrons. The van der Waals surface area contributed by atoms with Gasteiger partial charge in [-0.15, -0.1) is 0 Å². The van der Waals surface area contributed by atoms with E-state index in [0.717, 1.165) is 25.7 Å². The van der Waals surface area contributed by atoms with E-state index in [-0.39, 0.29) is 12.2 Å². The van der Waals surface area contributed by atoms with Gasteiger partial charge in [0.25, 0.3) is 5.91 Å². The lowest BCUT2D eigenvalue weighted by atomic mass is 9.84. The van der Waals surface area contributed by atoms with Crippen molar-refractivity contribution >= 4 is 23.7 Å². The summed E-state index contributed by atoms with van der Waals surface area (Å²) in [6.45, 7) is -0.893. The fraction of sp³-hybridized carbons (Fsp3) is 0.588. The Hall–Kier alpha value is -2.91. The minimum absolute atomic E-state index is 0.0654. The van der Waals surface area contributed by atoms with Crippen LogP contribution in [-0.2, 0) is 14.4 Å². The molecule has 2 rings (SSSR count). The van der Waals surface area contributed by atoms with Crippen LogP contribution in [0.3, 0.4) is 0 Å². The van der Waals surface area contributed by atoms with E-state index in [1.807, 2.05) is 0 Å². The molecule has 4 N–H and O–H groups in total. The van der Waals surface area contributed by atoms with E-state index in [1.165, 1.54) is 18.8 Å². The van der Waals surface area contributed by atoms with Crippen molar-refractivity contribution in [2.24, 2.45) is 5.92 Å². The first kappa shape index (κ1) is 20.4. The summed E-state index contributed by atoms with van der Waals surface area (Å²) in [5.74, 6) is -2.51. The summed E-state index contributed by atoms with van der Waals surface area (Å²) in [5.41, 5.74) is 0.0654. The molecule has 0 spiro atoms. The van der Waals surface area contributed by atoms with Crippen LogP contribution in [0.2, 0.25) is 0 Å². The Morgan fingerprint density at radius 3 is 2.52 bits per heavy atom. The third-order valence-electron chi connectivity index (χ3n) is 4.45. The zero-order chi connectivity index (χ0) is 19.6. The van der Waals surface area contributed by atoms with Gasteiger partial charge in [-0.25, -0.2) is 0 Å². The van der Waals surface area contributed by atoms with Gasteiger partial charge >= 0.3 is 5.97 Å². The van der Waals surface area contributed by atoms with Crippen LogP contribution in [-0.4, -0.2) is 53.1 Å². The molecule has 1 aromatic heterocycles. The number of hydrogen-bond acceptors (Lipinski definition) is 6. The van der Waals surface area contributed by atoms with E-state index in [4.69, 9.17) is 5.11 Å². The maximum absolute atomic E-state index is 12.5. The van der Waals surface area contributed by atoms with E-state index >= 15 is 0 Å². The Kier molecular flexibility index (Phi) is 7.78. The first-order valence-corrected chi connectivity index (χ1v) is 8.93. The molecule has 10 heteroatoms. The molecule has 10 nitrogen and oxygen atoms in total. The monoisotopic (exact) mass is 380 g/mol. The molecule has 1 fully saturated rings. The summed E-state index contributed by atoms with van der Waals surface area (Å²) >= 11 is 0. The van der Waals surface area contributed by atoms with Crippen molar-refractivity contribution in [3.63, 3.8) is 0 Å². The second kappa shape index (κ2) is 10.3. The van der Waals surface area contributed by atoms with E-state index < -0.39 is 36.3 Å². The van der Waals surface area contributed by atoms with Crippen LogP contribution in [0.15, 0.2) is 16.9 Å². The van der Waals surface area contributed by atoms with E-state index in [0.29, 0.717) is 12.3 Å². The van der Waals surface area contributed by atoms with Gasteiger partial charge in [0.1, 0.15) is 18.8 Å². The molecule has 0 aromatic carbocycles. The number of carbonyl (C=O) groups excluding carboxylic acids is 3. The lowest BCUT2D eigenvalue weighted by molar-refractivity contribution is -0.137. The van der Waals surface area contributed by atoms with Gasteiger partial charge in [0.15, 0.2) is 5.69 Å². The van der Waals surface area contributed by atoms with Crippen LogP contribution >= 0.6 is 0 Å². The molecule has 1 aliphatic rings. The molecule has 27 heavy (non-hydrogen) atoms. The summed E-state index contributed by atoms with van der Waals surface area (Å²) in [5, 5.41) is 19.3. The molecule has 0 aliphatic heterocycles. The first-order valence-electron chi connectivity index (χ1n) is 8.93. The standard InChI is InChI=1S/C17H24N4O6/c22-14(18-10-15(23)24)9-19-16(25)13(8-11-4-2-1-3-5-11)20-17(26)12-6-7-27-21-12/h6-7,11,13H,1-5,8-10H2,(H,18,22)(H,19,25)(H,20,26)(H,23,24)/t13-/m0/s1. The smallest absolute Gasteiger partial charge is 0.322 e. The number of hydrogen-bond donors (Lipinski definition) is 4. The van der Waals surface area contributed by atoms with Crippen LogP contribution in [0.25, 0.3) is 0 Å². The Morgan fingerprint density at radius 1 is 1.15 bits per heavy atom. The summed E-state index contributed by atoms with van der Waals surface area (Å²) in [6.07, 6.45) is 7.06. The molecular formula is C17H24N4O6. The predicted molar refractivity (Wildman–Crippen MR) is 92.6 cm³/mol. The number of aromatic nitrogens is 1. The third-order valence-corrected chi connectivity index (χ3v) is 4.45. The van der Waals surface area contributed by atoms with Crippen LogP contribution in [0, 0.1) is 5.92 Å². The lowest BCUT2D eigenvalue weighted by Gasteiger charge is -2.26. The van der Waals surface area contributed by atoms with Gasteiger partial charge in [-0.2, -0.15) is 0 Å². The van der Waals surface area contributed by atoms with E-state index in [9.17, 15) is 19.2 Å². The highest BCUT2D eigenvalue weighted by atomic mass is 16.5. The van der Waals surface area contributed by atoms with Crippen molar-refractivity contribution in [1.82, 2.24) is 21.1 Å². The van der Waals surface area contributed by atoms with Crippen LogP contribution < -0.4 is 16.0 Å². The number of amides is 3. The fourth-order valence-corrected chi connectivity index (χ4v) is 3.08. The molecule has 1 atom stereocenters. The van der Waals surface area contributed by atoms with Gasteiger partial charge in [0.2, 0.25) is 11.8 Å². The Labute approximate surface area is 156 Å². The normalized spacial score (nSPS) is 15.6. The summed E-state index contributed by atoms with van der Waals surface area (Å²) < 4.78 is 4.64. The SMILES string of the molecule is O=C(O)CNC(=O)CNC(=O)[C@H](CC1CCCCC1)NC(=O)c1ccon1. The zero-order valence-corrected chi connectivity index (χ0v) is 14.9. The Morgan fingerprint density at radius 2 is 1.89 bits per heavy atom. The molecule has 1 saturated carbocycles. The van der Waals surface area contributed by atoms with Crippen molar-refractivity contribution in [2.45, 2.75) is 44.6 Å². The number of nitrogens with one attached hydrogen (secondary N) is 3. The lowest BCUT2D eigenvalue weighted by Crippen LogP contribution is -2.50. The summed E-state index contributed by atoms with van der Waals surface area (Å²) in [6, 6.07) is 0.578. The number of rotatable bonds is 9. The van der Waals surface area contributed by atoms with Crippen molar-refractivity contribution in [3.05, 3.63) is 18.0 Å². The minimum Gasteiger partial charge on any atom is -0.480 e. The average molecular weight is 380 g/mol. The number of carboxylic acids is 1. The second-order valence-electron chi connectivity index (χ2n) is 6.54. The molecule has 0 bridgehead atoms. The Balaban J connectivity index is 1.92. The zero-order valence-electron chi connectivity index (χ0n) is 14.9. The van der Waals surface area contributed by atoms with Crippen molar-refractivity contribution in [2.75, 3.05) is 13.1 Å². The second-order valence-corrected chi connectivity index (χ2v) is 6.54. The third kappa shape index (κ3) is 7.08. The average Bonchev–Trinajstić information content (AvgIpc) is 3.19. The number of aliphatic carboxylic acids is 1. The predicted octanol–water partition coefficient (Wildman–Crippen LogP) is 0.0604. The fourth-order valence-electron chi connectivity index (χ4n) is 3.08. The van der Waals surface area contributed by atoms with Crippen molar-refractivity contribution in [3.8, 4) is 0 Å². The van der Waals surface area contributed by atoms with Gasteiger partial charge in [-0.1, -0.05) is 37.3 Å². The quantitative estimate of drug-likeness (QED) is 0.473. The van der Waals surface area contributed by atoms with Crippen LogP contribution in [0.4, 0.5) is 0 Å². The molecule has 3 amide bonds. The highest BCUT2D eigenvalue weighted by Crippen LogP contribution is 2.27. The van der Waals surface area contributed by atoms with Gasteiger partial charge in [-0.3, -0.25) is 19.2 Å². The number of carbonyl (C=O) groups is 4. The highest BCUT2D eigenvalue weighted by molar-refractivity contribution is 5.96. The van der Waals surface area contributed by atoms with E-state index in [1.54, 1.807) is 0 Å². The molecule has 0 unspecified atom stereocenters. The number of nitrogens with zero attached hydrogens (tertiary/aromatic N) is 1.